The van der Waals surface area contributed by atoms with Crippen molar-refractivity contribution in [2.75, 3.05) is 13.2 Å². The third kappa shape index (κ3) is 3.88. The van der Waals surface area contributed by atoms with Crippen LogP contribution in [0.5, 0.6) is 0 Å². The second-order valence-electron chi connectivity index (χ2n) is 5.69. The summed E-state index contributed by atoms with van der Waals surface area (Å²) in [5.41, 5.74) is 0. The molecule has 22 heavy (non-hydrogen) atoms. The summed E-state index contributed by atoms with van der Waals surface area (Å²) in [6.07, 6.45) is 4.53. The van der Waals surface area contributed by atoms with Gasteiger partial charge in [-0.2, -0.15) is 12.8 Å². The van der Waals surface area contributed by atoms with Gasteiger partial charge in [-0.05, 0) is 59.6 Å². The van der Waals surface area contributed by atoms with Gasteiger partial charge in [0, 0.05) is 0 Å². The largest absolute Gasteiger partial charge is 0.463 e. The van der Waals surface area contributed by atoms with Crippen molar-refractivity contribution in [1.82, 2.24) is 0 Å². The highest BCUT2D eigenvalue weighted by Crippen LogP contribution is 2.48. The monoisotopic (exact) mass is 450 g/mol. The molecular formula is C12H16FIO7S. The van der Waals surface area contributed by atoms with Crippen LogP contribution in [0.1, 0.15) is 25.7 Å². The number of hydrogen-bond donors (Lipinski definition) is 1. The highest BCUT2D eigenvalue weighted by atomic mass is 127. The lowest BCUT2D eigenvalue weighted by molar-refractivity contribution is -0.161. The fourth-order valence-electron chi connectivity index (χ4n) is 3.14. The van der Waals surface area contributed by atoms with Gasteiger partial charge in [0.1, 0.15) is 0 Å². The van der Waals surface area contributed by atoms with Crippen LogP contribution >= 0.6 is 22.6 Å². The SMILES string of the molecule is O=C(COC(=O)C(F)(I)S(=O)(=O)O)OCC1CC2CCC1C2. The molecule has 2 aliphatic carbocycles. The molecule has 126 valence electrons. The van der Waals surface area contributed by atoms with E-state index in [2.05, 4.69) is 4.74 Å². The summed E-state index contributed by atoms with van der Waals surface area (Å²) >= 11 is 0.589. The Morgan fingerprint density at radius 3 is 2.45 bits per heavy atom. The van der Waals surface area contributed by atoms with Crippen molar-refractivity contribution in [2.45, 2.75) is 28.7 Å². The maximum absolute atomic E-state index is 13.5. The predicted octanol–water partition coefficient (Wildman–Crippen LogP) is 1.46. The number of ether oxygens (including phenoxy) is 2. The van der Waals surface area contributed by atoms with Crippen molar-refractivity contribution >= 4 is 44.6 Å². The molecule has 1 N–H and O–H groups in total. The molecule has 0 saturated heterocycles. The Kier molecular flexibility index (Phi) is 5.32. The number of alkyl halides is 2. The first-order valence-electron chi connectivity index (χ1n) is 6.79. The minimum Gasteiger partial charge on any atom is -0.463 e. The highest BCUT2D eigenvalue weighted by Gasteiger charge is 2.50. The lowest BCUT2D eigenvalue weighted by Gasteiger charge is -2.21. The molecule has 2 aliphatic rings. The van der Waals surface area contributed by atoms with Crippen LogP contribution in [0.3, 0.4) is 0 Å². The molecule has 0 aliphatic heterocycles. The predicted molar refractivity (Wildman–Crippen MR) is 80.3 cm³/mol. The van der Waals surface area contributed by atoms with Crippen molar-refractivity contribution in [3.63, 3.8) is 0 Å². The molecule has 0 amide bonds. The molecule has 0 radical (unpaired) electrons. The fourth-order valence-corrected chi connectivity index (χ4v) is 3.56. The number of rotatable bonds is 6. The summed E-state index contributed by atoms with van der Waals surface area (Å²) in [7, 11) is -5.29. The van der Waals surface area contributed by atoms with E-state index in [1.807, 2.05) is 0 Å². The number of halogens is 2. The van der Waals surface area contributed by atoms with E-state index >= 15 is 0 Å². The zero-order valence-corrected chi connectivity index (χ0v) is 14.5. The van der Waals surface area contributed by atoms with E-state index in [0.29, 0.717) is 40.3 Å². The Balaban J connectivity index is 1.73. The van der Waals surface area contributed by atoms with Crippen molar-refractivity contribution in [3.05, 3.63) is 0 Å². The maximum atomic E-state index is 13.5. The van der Waals surface area contributed by atoms with E-state index in [0.717, 1.165) is 19.3 Å². The third-order valence-corrected chi connectivity index (χ3v) is 7.15. The summed E-state index contributed by atoms with van der Waals surface area (Å²) in [5, 5.41) is 0. The van der Waals surface area contributed by atoms with Crippen LogP contribution in [-0.2, 0) is 29.2 Å². The zero-order valence-electron chi connectivity index (χ0n) is 11.5. The average molecular weight is 450 g/mol. The minimum atomic E-state index is -5.29. The van der Waals surface area contributed by atoms with Crippen molar-refractivity contribution < 1.29 is 36.4 Å². The van der Waals surface area contributed by atoms with E-state index < -0.39 is 31.7 Å². The summed E-state index contributed by atoms with van der Waals surface area (Å²) in [4.78, 5) is 22.7. The lowest BCUT2D eigenvalue weighted by Crippen LogP contribution is -2.38. The number of esters is 2. The van der Waals surface area contributed by atoms with E-state index in [1.54, 1.807) is 0 Å². The zero-order chi connectivity index (χ0) is 16.5. The van der Waals surface area contributed by atoms with Crippen molar-refractivity contribution in [2.24, 2.45) is 17.8 Å². The van der Waals surface area contributed by atoms with Crippen LogP contribution in [0.2, 0.25) is 0 Å². The van der Waals surface area contributed by atoms with Crippen LogP contribution in [0.25, 0.3) is 0 Å². The van der Waals surface area contributed by atoms with Gasteiger partial charge in [0.2, 0.25) is 0 Å². The second-order valence-corrected chi connectivity index (χ2v) is 9.42. The Morgan fingerprint density at radius 2 is 1.95 bits per heavy atom. The summed E-state index contributed by atoms with van der Waals surface area (Å²) < 4.78 is 49.0. The molecular weight excluding hydrogens is 434 g/mol. The third-order valence-electron chi connectivity index (χ3n) is 4.23. The molecule has 0 heterocycles. The molecule has 2 bridgehead atoms. The second kappa shape index (κ2) is 6.56. The summed E-state index contributed by atoms with van der Waals surface area (Å²) in [5.74, 6) is -1.17. The van der Waals surface area contributed by atoms with Crippen molar-refractivity contribution in [1.29, 1.82) is 0 Å². The quantitative estimate of drug-likeness (QED) is 0.283. The van der Waals surface area contributed by atoms with Crippen LogP contribution < -0.4 is 0 Å². The molecule has 4 atom stereocenters. The molecule has 2 saturated carbocycles. The molecule has 10 heteroatoms. The van der Waals surface area contributed by atoms with Gasteiger partial charge >= 0.3 is 25.1 Å². The topological polar surface area (TPSA) is 107 Å². The van der Waals surface area contributed by atoms with Gasteiger partial charge in [-0.25, -0.2) is 9.59 Å². The van der Waals surface area contributed by atoms with Crippen molar-refractivity contribution in [3.8, 4) is 0 Å². The van der Waals surface area contributed by atoms with E-state index in [-0.39, 0.29) is 6.61 Å². The van der Waals surface area contributed by atoms with Gasteiger partial charge in [0.15, 0.2) is 6.61 Å². The molecule has 7 nitrogen and oxygen atoms in total. The first kappa shape index (κ1) is 17.9. The highest BCUT2D eigenvalue weighted by molar-refractivity contribution is 14.1. The molecule has 0 spiro atoms. The van der Waals surface area contributed by atoms with Gasteiger partial charge in [-0.15, -0.1) is 0 Å². The first-order valence-corrected chi connectivity index (χ1v) is 9.31. The average Bonchev–Trinajstić information content (AvgIpc) is 3.03. The summed E-state index contributed by atoms with van der Waals surface area (Å²) in [6.45, 7) is -0.676. The Morgan fingerprint density at radius 1 is 1.27 bits per heavy atom. The van der Waals surface area contributed by atoms with Crippen LogP contribution in [0, 0.1) is 17.8 Å². The fraction of sp³-hybridized carbons (Fsp3) is 0.833. The normalized spacial score (nSPS) is 29.9. The Labute approximate surface area is 140 Å². The van der Waals surface area contributed by atoms with E-state index in [9.17, 15) is 22.4 Å². The van der Waals surface area contributed by atoms with Gasteiger partial charge in [0.05, 0.1) is 6.61 Å². The van der Waals surface area contributed by atoms with E-state index in [4.69, 9.17) is 9.29 Å². The van der Waals surface area contributed by atoms with Crippen LogP contribution in [0.15, 0.2) is 0 Å². The number of hydrogen-bond acceptors (Lipinski definition) is 6. The van der Waals surface area contributed by atoms with Crippen LogP contribution in [0.4, 0.5) is 4.39 Å². The standard InChI is InChI=1S/C12H16FIO7S/c13-12(14,22(17,18)19)11(16)21-6-10(15)20-5-9-4-7-1-2-8(9)3-7/h7-9H,1-6H2,(H,17,18,19). The maximum Gasteiger partial charge on any atom is 0.378 e. The molecule has 2 rings (SSSR count). The smallest absolute Gasteiger partial charge is 0.378 e. The van der Waals surface area contributed by atoms with E-state index in [1.165, 1.54) is 6.42 Å². The number of carbonyl (C=O) groups is 2. The van der Waals surface area contributed by atoms with Gasteiger partial charge < -0.3 is 9.47 Å². The van der Waals surface area contributed by atoms with Crippen LogP contribution in [-0.4, -0.2) is 41.1 Å². The molecule has 0 aromatic heterocycles. The molecule has 2 fully saturated rings. The molecule has 0 aromatic rings. The minimum absolute atomic E-state index is 0.223. The Hall–Kier alpha value is -0.490. The molecule has 4 unspecified atom stereocenters. The summed E-state index contributed by atoms with van der Waals surface area (Å²) in [6, 6.07) is 0. The number of fused-ring (bicyclic) bond motifs is 2. The van der Waals surface area contributed by atoms with Gasteiger partial charge in [-0.1, -0.05) is 6.42 Å². The molecule has 0 aromatic carbocycles. The van der Waals surface area contributed by atoms with Gasteiger partial charge in [-0.3, -0.25) is 4.55 Å². The lowest BCUT2D eigenvalue weighted by atomic mass is 9.90. The van der Waals surface area contributed by atoms with Gasteiger partial charge in [0.25, 0.3) is 0 Å². The Bertz CT molecular complexity index is 562. The first-order chi connectivity index (χ1) is 10.1. The number of carbonyl (C=O) groups excluding carboxylic acids is 2.